The second kappa shape index (κ2) is 10.5. The summed E-state index contributed by atoms with van der Waals surface area (Å²) in [7, 11) is 3.10. The van der Waals surface area contributed by atoms with Gasteiger partial charge in [0.2, 0.25) is 0 Å². The lowest BCUT2D eigenvalue weighted by Crippen LogP contribution is -2.51. The Morgan fingerprint density at radius 3 is 1.50 bits per heavy atom. The molecule has 6 rings (SSSR count). The van der Waals surface area contributed by atoms with Crippen molar-refractivity contribution in [1.29, 1.82) is 0 Å². The zero-order chi connectivity index (χ0) is 27.8. The van der Waals surface area contributed by atoms with Gasteiger partial charge in [0, 0.05) is 17.8 Å². The van der Waals surface area contributed by atoms with Crippen LogP contribution >= 0.6 is 0 Å². The smallest absolute Gasteiger partial charge is 0.310 e. The zero-order valence-corrected chi connectivity index (χ0v) is 22.3. The third-order valence-electron chi connectivity index (χ3n) is 8.46. The molecular formula is C34H30O6. The van der Waals surface area contributed by atoms with Gasteiger partial charge in [0.1, 0.15) is 18.1 Å². The van der Waals surface area contributed by atoms with Crippen molar-refractivity contribution < 1.29 is 28.9 Å². The number of aliphatic carboxylic acids is 1. The molecule has 4 aromatic carbocycles. The van der Waals surface area contributed by atoms with E-state index in [4.69, 9.17) is 14.2 Å². The predicted octanol–water partition coefficient (Wildman–Crippen LogP) is 6.26. The van der Waals surface area contributed by atoms with E-state index < -0.39 is 35.6 Å². The van der Waals surface area contributed by atoms with Gasteiger partial charge in [0.25, 0.3) is 0 Å². The van der Waals surface area contributed by atoms with Crippen molar-refractivity contribution in [1.82, 2.24) is 0 Å². The summed E-state index contributed by atoms with van der Waals surface area (Å²) in [5, 5.41) is 10.4. The fourth-order valence-electron chi connectivity index (χ4n) is 6.71. The van der Waals surface area contributed by atoms with E-state index in [1.807, 2.05) is 60.7 Å². The summed E-state index contributed by atoms with van der Waals surface area (Å²) < 4.78 is 17.3. The van der Waals surface area contributed by atoms with Gasteiger partial charge in [-0.05, 0) is 45.5 Å². The molecule has 0 bridgehead atoms. The summed E-state index contributed by atoms with van der Waals surface area (Å²) in [6.07, 6.45) is 0. The number of carbonyl (C=O) groups excluding carboxylic acids is 1. The van der Waals surface area contributed by atoms with Crippen LogP contribution in [-0.2, 0) is 14.3 Å². The lowest BCUT2D eigenvalue weighted by molar-refractivity contribution is -0.164. The number of ether oxygens (including phenoxy) is 3. The predicted molar refractivity (Wildman–Crippen MR) is 151 cm³/mol. The number of hydrogen-bond donors (Lipinski definition) is 1. The molecular weight excluding hydrogens is 504 g/mol. The van der Waals surface area contributed by atoms with Crippen molar-refractivity contribution >= 4 is 11.9 Å². The number of carboxylic acids is 1. The van der Waals surface area contributed by atoms with E-state index in [0.717, 1.165) is 22.3 Å². The van der Waals surface area contributed by atoms with Crippen LogP contribution in [-0.4, -0.2) is 37.9 Å². The summed E-state index contributed by atoms with van der Waals surface area (Å²) in [6.45, 7) is 0.165. The van der Waals surface area contributed by atoms with Crippen molar-refractivity contribution in [2.24, 2.45) is 11.8 Å². The molecule has 0 radical (unpaired) electrons. The minimum Gasteiger partial charge on any atom is -0.496 e. The molecule has 4 aromatic rings. The molecule has 0 heterocycles. The minimum atomic E-state index is -0.977. The summed E-state index contributed by atoms with van der Waals surface area (Å²) in [6, 6.07) is 30.9. The van der Waals surface area contributed by atoms with E-state index in [2.05, 4.69) is 24.3 Å². The Hall–Kier alpha value is -4.58. The molecule has 1 fully saturated rings. The van der Waals surface area contributed by atoms with Gasteiger partial charge in [-0.15, -0.1) is 0 Å². The minimum absolute atomic E-state index is 0.0962. The van der Waals surface area contributed by atoms with E-state index in [1.54, 1.807) is 26.4 Å². The van der Waals surface area contributed by atoms with Crippen LogP contribution in [0.2, 0.25) is 0 Å². The molecule has 40 heavy (non-hydrogen) atoms. The molecule has 6 nitrogen and oxygen atoms in total. The molecule has 6 heteroatoms. The van der Waals surface area contributed by atoms with E-state index in [0.29, 0.717) is 22.6 Å². The summed E-state index contributed by atoms with van der Waals surface area (Å²) >= 11 is 0. The van der Waals surface area contributed by atoms with Gasteiger partial charge in [-0.1, -0.05) is 84.9 Å². The number of methoxy groups -OCH3 is 2. The van der Waals surface area contributed by atoms with Crippen LogP contribution in [0.15, 0.2) is 97.1 Å². The molecule has 0 unspecified atom stereocenters. The highest BCUT2D eigenvalue weighted by molar-refractivity contribution is 5.85. The van der Waals surface area contributed by atoms with Gasteiger partial charge in [-0.25, -0.2) is 0 Å². The molecule has 0 aliphatic heterocycles. The Morgan fingerprint density at radius 2 is 1.05 bits per heavy atom. The van der Waals surface area contributed by atoms with Crippen LogP contribution in [0.5, 0.6) is 11.5 Å². The maximum atomic E-state index is 14.0. The largest absolute Gasteiger partial charge is 0.496 e. The molecule has 2 aliphatic rings. The van der Waals surface area contributed by atoms with Gasteiger partial charge in [-0.3, -0.25) is 9.59 Å². The number of carbonyl (C=O) groups is 2. The molecule has 202 valence electrons. The van der Waals surface area contributed by atoms with Crippen molar-refractivity contribution in [3.05, 3.63) is 119 Å². The van der Waals surface area contributed by atoms with Gasteiger partial charge in [-0.2, -0.15) is 0 Å². The molecule has 0 aromatic heterocycles. The van der Waals surface area contributed by atoms with E-state index in [9.17, 15) is 14.7 Å². The summed E-state index contributed by atoms with van der Waals surface area (Å²) in [5.74, 6) is -3.25. The molecule has 0 saturated heterocycles. The normalized spacial score (nSPS) is 21.1. The number of rotatable bonds is 8. The molecule has 1 saturated carbocycles. The Morgan fingerprint density at radius 1 is 0.625 bits per heavy atom. The SMILES string of the molecule is COc1ccccc1[C@H]1[C@H](C(=O)O)[C@H](c2ccccc2OC)[C@H]1C(=O)OCC1c2ccccc2-c2ccccc21. The maximum absolute atomic E-state index is 14.0. The standard InChI is InChI=1S/C34H30O6/c1-38-27-17-9-7-15-24(27)29-31(33(35)36)30(25-16-8-10-18-28(25)39-2)32(29)34(37)40-19-26-22-13-5-3-11-20(22)21-12-4-6-14-23(21)26/h3-18,26,29-32H,19H2,1-2H3,(H,35,36)/t29-,30-,31-,32-/m0/s1. The Kier molecular flexibility index (Phi) is 6.76. The topological polar surface area (TPSA) is 82.1 Å². The molecule has 0 spiro atoms. The van der Waals surface area contributed by atoms with Crippen LogP contribution in [0.3, 0.4) is 0 Å². The number of fused-ring (bicyclic) bond motifs is 3. The first kappa shape index (κ1) is 25.7. The number of esters is 1. The number of carboxylic acid groups (broad SMARTS) is 1. The second-order valence-electron chi connectivity index (χ2n) is 10.3. The van der Waals surface area contributed by atoms with E-state index in [-0.39, 0.29) is 12.5 Å². The maximum Gasteiger partial charge on any atom is 0.310 e. The van der Waals surface area contributed by atoms with Gasteiger partial charge < -0.3 is 19.3 Å². The average molecular weight is 535 g/mol. The first-order chi connectivity index (χ1) is 19.5. The third kappa shape index (κ3) is 4.11. The quantitative estimate of drug-likeness (QED) is 0.269. The summed E-state index contributed by atoms with van der Waals surface area (Å²) in [4.78, 5) is 26.8. The van der Waals surface area contributed by atoms with E-state index >= 15 is 0 Å². The fraction of sp³-hybridized carbons (Fsp3) is 0.235. The monoisotopic (exact) mass is 534 g/mol. The zero-order valence-electron chi connectivity index (χ0n) is 22.3. The molecule has 2 aliphatic carbocycles. The lowest BCUT2D eigenvalue weighted by Gasteiger charge is -2.49. The molecule has 1 N–H and O–H groups in total. The Balaban J connectivity index is 1.37. The summed E-state index contributed by atoms with van der Waals surface area (Å²) in [5.41, 5.74) is 5.90. The Labute approximate surface area is 233 Å². The van der Waals surface area contributed by atoms with Gasteiger partial charge in [0.05, 0.1) is 26.1 Å². The highest BCUT2D eigenvalue weighted by Crippen LogP contribution is 2.60. The van der Waals surface area contributed by atoms with Crippen LogP contribution in [0, 0.1) is 11.8 Å². The number of benzene rings is 4. The lowest BCUT2D eigenvalue weighted by atomic mass is 9.52. The third-order valence-corrected chi connectivity index (χ3v) is 8.46. The molecule has 2 atom stereocenters. The van der Waals surface area contributed by atoms with Crippen LogP contribution in [0.25, 0.3) is 11.1 Å². The number of para-hydroxylation sites is 2. The Bertz CT molecular complexity index is 1480. The van der Waals surface area contributed by atoms with Crippen molar-refractivity contribution in [3.63, 3.8) is 0 Å². The van der Waals surface area contributed by atoms with Crippen molar-refractivity contribution in [2.75, 3.05) is 20.8 Å². The van der Waals surface area contributed by atoms with Gasteiger partial charge >= 0.3 is 11.9 Å². The van der Waals surface area contributed by atoms with Gasteiger partial charge in [0.15, 0.2) is 0 Å². The van der Waals surface area contributed by atoms with Crippen molar-refractivity contribution in [3.8, 4) is 22.6 Å². The average Bonchev–Trinajstić information content (AvgIpc) is 3.29. The molecule has 0 amide bonds. The van der Waals surface area contributed by atoms with Crippen LogP contribution in [0.4, 0.5) is 0 Å². The highest BCUT2D eigenvalue weighted by atomic mass is 16.5. The number of hydrogen-bond acceptors (Lipinski definition) is 5. The first-order valence-corrected chi connectivity index (χ1v) is 13.4. The van der Waals surface area contributed by atoms with Crippen molar-refractivity contribution in [2.45, 2.75) is 17.8 Å². The fourth-order valence-corrected chi connectivity index (χ4v) is 6.71. The second-order valence-corrected chi connectivity index (χ2v) is 10.3. The van der Waals surface area contributed by atoms with Crippen LogP contribution in [0.1, 0.15) is 40.0 Å². The highest BCUT2D eigenvalue weighted by Gasteiger charge is 2.60. The van der Waals surface area contributed by atoms with Crippen LogP contribution < -0.4 is 9.47 Å². The first-order valence-electron chi connectivity index (χ1n) is 13.4. The van der Waals surface area contributed by atoms with E-state index in [1.165, 1.54) is 0 Å².